The number of nitrogens with one attached hydrogen (secondary N) is 1. The van der Waals surface area contributed by atoms with Crippen LogP contribution in [0.4, 0.5) is 10.8 Å². The van der Waals surface area contributed by atoms with Crippen molar-refractivity contribution in [3.05, 3.63) is 39.4 Å². The maximum Gasteiger partial charge on any atom is 0.273 e. The zero-order chi connectivity index (χ0) is 20.0. The summed E-state index contributed by atoms with van der Waals surface area (Å²) in [6.45, 7) is -0.243. The van der Waals surface area contributed by atoms with E-state index >= 15 is 0 Å². The van der Waals surface area contributed by atoms with E-state index in [1.807, 2.05) is 0 Å². The number of rotatable bonds is 6. The Morgan fingerprint density at radius 1 is 1.21 bits per heavy atom. The molecule has 0 radical (unpaired) electrons. The Morgan fingerprint density at radius 2 is 1.90 bits per heavy atom. The molecule has 1 amide bonds. The quantitative estimate of drug-likeness (QED) is 0.567. The molecule has 4 aliphatic rings. The second-order valence-electron chi connectivity index (χ2n) is 8.70. The highest BCUT2D eigenvalue weighted by molar-refractivity contribution is 7.15. The van der Waals surface area contributed by atoms with Gasteiger partial charge in [0.2, 0.25) is 5.13 Å². The molecule has 4 saturated carbocycles. The number of benzene rings is 1. The summed E-state index contributed by atoms with van der Waals surface area (Å²) in [5, 5.41) is 23.8. The summed E-state index contributed by atoms with van der Waals surface area (Å²) in [7, 11) is 0. The van der Waals surface area contributed by atoms with Crippen LogP contribution >= 0.6 is 11.3 Å². The molecule has 6 rings (SSSR count). The first kappa shape index (κ1) is 18.5. The molecule has 29 heavy (non-hydrogen) atoms. The molecule has 4 bridgehead atoms. The highest BCUT2D eigenvalue weighted by atomic mass is 32.1. The molecule has 8 nitrogen and oxygen atoms in total. The van der Waals surface area contributed by atoms with Crippen LogP contribution in [0, 0.1) is 27.9 Å². The third-order valence-electron chi connectivity index (χ3n) is 6.56. The molecule has 1 aromatic carbocycles. The number of anilines is 1. The Morgan fingerprint density at radius 3 is 2.55 bits per heavy atom. The summed E-state index contributed by atoms with van der Waals surface area (Å²) in [5.41, 5.74) is 0.0850. The number of carbonyl (C=O) groups excluding carboxylic acids is 1. The fourth-order valence-corrected chi connectivity index (χ4v) is 6.83. The summed E-state index contributed by atoms with van der Waals surface area (Å²) in [6.07, 6.45) is 7.73. The summed E-state index contributed by atoms with van der Waals surface area (Å²) in [4.78, 5) is 22.6. The Bertz CT molecular complexity index is 924. The zero-order valence-corrected chi connectivity index (χ0v) is 16.7. The first-order valence-electron chi connectivity index (χ1n) is 10.0. The minimum atomic E-state index is -0.500. The molecule has 4 fully saturated rings. The van der Waals surface area contributed by atoms with Crippen LogP contribution in [-0.4, -0.2) is 27.6 Å². The van der Waals surface area contributed by atoms with Gasteiger partial charge in [0, 0.05) is 11.5 Å². The maximum atomic E-state index is 12.2. The van der Waals surface area contributed by atoms with Gasteiger partial charge in [0.15, 0.2) is 6.61 Å². The van der Waals surface area contributed by atoms with Crippen molar-refractivity contribution in [3.63, 3.8) is 0 Å². The molecule has 9 heteroatoms. The molecule has 2 aromatic rings. The minimum absolute atomic E-state index is 0.0766. The first-order valence-corrected chi connectivity index (χ1v) is 10.8. The smallest absolute Gasteiger partial charge is 0.273 e. The molecule has 4 aliphatic carbocycles. The van der Waals surface area contributed by atoms with Crippen LogP contribution in [0.5, 0.6) is 5.75 Å². The molecular weight excluding hydrogens is 392 g/mol. The van der Waals surface area contributed by atoms with E-state index in [9.17, 15) is 14.9 Å². The van der Waals surface area contributed by atoms with Crippen LogP contribution in [0.1, 0.15) is 43.5 Å². The molecule has 0 atom stereocenters. The lowest BCUT2D eigenvalue weighted by molar-refractivity contribution is -0.384. The number of carbonyl (C=O) groups is 1. The lowest BCUT2D eigenvalue weighted by Crippen LogP contribution is -2.48. The van der Waals surface area contributed by atoms with Gasteiger partial charge in [-0.15, -0.1) is 10.2 Å². The van der Waals surface area contributed by atoms with Crippen molar-refractivity contribution < 1.29 is 14.5 Å². The maximum absolute atomic E-state index is 12.2. The number of nitro benzene ring substituents is 1. The van der Waals surface area contributed by atoms with Crippen molar-refractivity contribution in [2.45, 2.75) is 43.9 Å². The lowest BCUT2D eigenvalue weighted by Gasteiger charge is -2.55. The van der Waals surface area contributed by atoms with Gasteiger partial charge in [-0.25, -0.2) is 0 Å². The molecule has 0 spiro atoms. The highest BCUT2D eigenvalue weighted by Gasteiger charge is 2.53. The summed E-state index contributed by atoms with van der Waals surface area (Å²) < 4.78 is 5.38. The van der Waals surface area contributed by atoms with Gasteiger partial charge in [0.05, 0.1) is 11.0 Å². The monoisotopic (exact) mass is 414 g/mol. The van der Waals surface area contributed by atoms with Crippen LogP contribution in [0.2, 0.25) is 0 Å². The molecule has 1 heterocycles. The van der Waals surface area contributed by atoms with Gasteiger partial charge in [0.1, 0.15) is 10.8 Å². The number of ether oxygens (including phenoxy) is 1. The number of amides is 1. The first-order chi connectivity index (χ1) is 14.0. The van der Waals surface area contributed by atoms with E-state index < -0.39 is 4.92 Å². The fourth-order valence-electron chi connectivity index (χ4n) is 5.85. The van der Waals surface area contributed by atoms with E-state index in [1.54, 1.807) is 6.07 Å². The summed E-state index contributed by atoms with van der Waals surface area (Å²) in [6, 6.07) is 5.77. The molecule has 0 unspecified atom stereocenters. The Hall–Kier alpha value is -2.55. The van der Waals surface area contributed by atoms with Crippen molar-refractivity contribution in [2.24, 2.45) is 17.8 Å². The fraction of sp³-hybridized carbons (Fsp3) is 0.550. The third-order valence-corrected chi connectivity index (χ3v) is 7.65. The lowest BCUT2D eigenvalue weighted by atomic mass is 9.50. The number of non-ortho nitro benzene ring substituents is 1. The van der Waals surface area contributed by atoms with Gasteiger partial charge in [0.25, 0.3) is 11.6 Å². The van der Waals surface area contributed by atoms with Crippen molar-refractivity contribution in [1.82, 2.24) is 10.2 Å². The Kier molecular flexibility index (Phi) is 4.49. The average molecular weight is 414 g/mol. The van der Waals surface area contributed by atoms with Crippen LogP contribution in [0.3, 0.4) is 0 Å². The Balaban J connectivity index is 1.21. The Labute approximate surface area is 171 Å². The van der Waals surface area contributed by atoms with Crippen LogP contribution in [-0.2, 0) is 10.2 Å². The minimum Gasteiger partial charge on any atom is -0.484 e. The number of hydrogen-bond acceptors (Lipinski definition) is 7. The van der Waals surface area contributed by atoms with Gasteiger partial charge in [-0.2, -0.15) is 0 Å². The van der Waals surface area contributed by atoms with Crippen molar-refractivity contribution >= 4 is 28.1 Å². The summed E-state index contributed by atoms with van der Waals surface area (Å²) >= 11 is 1.48. The van der Waals surface area contributed by atoms with Crippen LogP contribution in [0.25, 0.3) is 0 Å². The summed E-state index contributed by atoms with van der Waals surface area (Å²) in [5.74, 6) is 2.40. The zero-order valence-electron chi connectivity index (χ0n) is 15.9. The van der Waals surface area contributed by atoms with E-state index in [-0.39, 0.29) is 29.4 Å². The SMILES string of the molecule is O=C(COc1cccc([N+](=O)[O-])c1)Nc1nnc(C23CC4CC(CC(C4)C2)C3)s1. The second kappa shape index (κ2) is 7.05. The number of nitrogens with zero attached hydrogens (tertiary/aromatic N) is 3. The van der Waals surface area contributed by atoms with E-state index in [2.05, 4.69) is 15.5 Å². The normalized spacial score (nSPS) is 29.6. The van der Waals surface area contributed by atoms with Crippen molar-refractivity contribution in [2.75, 3.05) is 11.9 Å². The van der Waals surface area contributed by atoms with Gasteiger partial charge >= 0.3 is 0 Å². The van der Waals surface area contributed by atoms with Gasteiger partial charge < -0.3 is 4.74 Å². The van der Waals surface area contributed by atoms with Gasteiger partial charge in [-0.3, -0.25) is 20.2 Å². The van der Waals surface area contributed by atoms with Crippen LogP contribution < -0.4 is 10.1 Å². The molecule has 152 valence electrons. The predicted octanol–water partition coefficient (Wildman–Crippen LogP) is 3.93. The van der Waals surface area contributed by atoms with Crippen molar-refractivity contribution in [3.8, 4) is 5.75 Å². The predicted molar refractivity (Wildman–Crippen MR) is 107 cm³/mol. The molecule has 0 aliphatic heterocycles. The van der Waals surface area contributed by atoms with Crippen LogP contribution in [0.15, 0.2) is 24.3 Å². The third kappa shape index (κ3) is 3.59. The number of nitro groups is 1. The number of hydrogen-bond donors (Lipinski definition) is 1. The number of aromatic nitrogens is 2. The topological polar surface area (TPSA) is 107 Å². The molecule has 1 N–H and O–H groups in total. The standard InChI is InChI=1S/C20H22N4O4S/c25-17(11-28-16-3-1-2-15(7-16)24(26)27)21-19-23-22-18(29-19)20-8-12-4-13(9-20)6-14(5-12)10-20/h1-3,7,12-14H,4-6,8-11H2,(H,21,23,25). The molecule has 1 aromatic heterocycles. The molecule has 0 saturated heterocycles. The highest BCUT2D eigenvalue weighted by Crippen LogP contribution is 2.61. The van der Waals surface area contributed by atoms with Crippen molar-refractivity contribution in [1.29, 1.82) is 0 Å². The van der Waals surface area contributed by atoms with E-state index in [1.165, 1.54) is 68.1 Å². The van der Waals surface area contributed by atoms with Gasteiger partial charge in [-0.05, 0) is 62.3 Å². The second-order valence-corrected chi connectivity index (χ2v) is 9.68. The molecular formula is C20H22N4O4S. The van der Waals surface area contributed by atoms with E-state index in [0.29, 0.717) is 5.13 Å². The van der Waals surface area contributed by atoms with E-state index in [4.69, 9.17) is 4.74 Å². The average Bonchev–Trinajstić information content (AvgIpc) is 3.15. The largest absolute Gasteiger partial charge is 0.484 e. The van der Waals surface area contributed by atoms with Gasteiger partial charge in [-0.1, -0.05) is 17.4 Å². The van der Waals surface area contributed by atoms with E-state index in [0.717, 1.165) is 22.8 Å².